The summed E-state index contributed by atoms with van der Waals surface area (Å²) in [6.45, 7) is 0.708. The molecule has 2 N–H and O–H groups in total. The van der Waals surface area contributed by atoms with Crippen molar-refractivity contribution in [2.45, 2.75) is 12.6 Å². The van der Waals surface area contributed by atoms with Crippen LogP contribution >= 0.6 is 0 Å². The largest absolute Gasteiger partial charge is 0.497 e. The van der Waals surface area contributed by atoms with Crippen LogP contribution in [0.15, 0.2) is 60.7 Å². The van der Waals surface area contributed by atoms with E-state index in [1.54, 1.807) is 55.8 Å². The number of fused-ring (bicyclic) bond motifs is 1. The molecule has 12 heteroatoms. The molecule has 1 unspecified atom stereocenters. The molecule has 1 atom stereocenters. The lowest BCUT2D eigenvalue weighted by atomic mass is 10.0. The van der Waals surface area contributed by atoms with Gasteiger partial charge >= 0.3 is 0 Å². The highest BCUT2D eigenvalue weighted by atomic mass is 16.5. The van der Waals surface area contributed by atoms with E-state index in [0.29, 0.717) is 82.6 Å². The van der Waals surface area contributed by atoms with Crippen LogP contribution in [0.2, 0.25) is 0 Å². The first-order valence-electron chi connectivity index (χ1n) is 15.8. The number of benzene rings is 4. The zero-order valence-electron chi connectivity index (χ0n) is 29.2. The van der Waals surface area contributed by atoms with Gasteiger partial charge in [0.25, 0.3) is 5.91 Å². The summed E-state index contributed by atoms with van der Waals surface area (Å²) in [7, 11) is 11.0. The lowest BCUT2D eigenvalue weighted by molar-refractivity contribution is 0.0935. The van der Waals surface area contributed by atoms with Gasteiger partial charge in [0.05, 0.1) is 68.5 Å². The van der Waals surface area contributed by atoms with Gasteiger partial charge in [-0.25, -0.2) is 0 Å². The number of hydrogen-bond acceptors (Lipinski definition) is 11. The van der Waals surface area contributed by atoms with Crippen molar-refractivity contribution in [3.63, 3.8) is 0 Å². The molecule has 0 bridgehead atoms. The van der Waals surface area contributed by atoms with Gasteiger partial charge in [-0.3, -0.25) is 4.79 Å². The van der Waals surface area contributed by atoms with Crippen LogP contribution < -0.4 is 53.3 Å². The highest BCUT2D eigenvalue weighted by Gasteiger charge is 2.26. The predicted molar refractivity (Wildman–Crippen MR) is 190 cm³/mol. The molecule has 0 spiro atoms. The molecule has 1 heterocycles. The molecule has 1 amide bonds. The number of ether oxygens (including phenoxy) is 9. The number of nitrogens with one attached hydrogen (secondary N) is 2. The summed E-state index contributed by atoms with van der Waals surface area (Å²) in [5.41, 5.74) is 3.74. The number of carbonyl (C=O) groups is 1. The molecule has 0 fully saturated rings. The molecule has 5 rings (SSSR count). The summed E-state index contributed by atoms with van der Waals surface area (Å²) < 4.78 is 50.7. The van der Waals surface area contributed by atoms with E-state index in [9.17, 15) is 4.79 Å². The second kappa shape index (κ2) is 16.5. The number of amides is 1. The van der Waals surface area contributed by atoms with Crippen LogP contribution in [0.4, 0.5) is 5.69 Å². The molecular weight excluding hydrogens is 644 g/mol. The van der Waals surface area contributed by atoms with Crippen molar-refractivity contribution in [2.24, 2.45) is 0 Å². The average Bonchev–Trinajstić information content (AvgIpc) is 3.16. The first-order valence-corrected chi connectivity index (χ1v) is 15.8. The second-order valence-corrected chi connectivity index (χ2v) is 11.0. The fourth-order valence-corrected chi connectivity index (χ4v) is 5.46. The van der Waals surface area contributed by atoms with E-state index in [0.717, 1.165) is 16.7 Å². The normalized spacial score (nSPS) is 13.4. The highest BCUT2D eigenvalue weighted by molar-refractivity contribution is 6.02. The Morgan fingerprint density at radius 3 is 1.70 bits per heavy atom. The lowest BCUT2D eigenvalue weighted by Crippen LogP contribution is -2.38. The monoisotopic (exact) mass is 686 g/mol. The predicted octanol–water partition coefficient (Wildman–Crippen LogP) is 6.62. The van der Waals surface area contributed by atoms with Crippen molar-refractivity contribution in [1.29, 1.82) is 0 Å². The molecule has 264 valence electrons. The third-order valence-corrected chi connectivity index (χ3v) is 8.00. The maximum absolute atomic E-state index is 12.8. The van der Waals surface area contributed by atoms with E-state index < -0.39 is 6.17 Å². The Labute approximate surface area is 291 Å². The van der Waals surface area contributed by atoms with Crippen molar-refractivity contribution in [3.8, 4) is 51.7 Å². The van der Waals surface area contributed by atoms with E-state index in [1.807, 2.05) is 66.7 Å². The number of anilines is 1. The minimum Gasteiger partial charge on any atom is -0.497 e. The van der Waals surface area contributed by atoms with Gasteiger partial charge < -0.3 is 53.3 Å². The Kier molecular flexibility index (Phi) is 11.7. The van der Waals surface area contributed by atoms with Gasteiger partial charge in [-0.1, -0.05) is 18.2 Å². The molecule has 0 saturated heterocycles. The van der Waals surface area contributed by atoms with E-state index >= 15 is 0 Å². The Bertz CT molecular complexity index is 1790. The third kappa shape index (κ3) is 7.86. The molecular formula is C38H42N2O10. The molecule has 1 aliphatic rings. The van der Waals surface area contributed by atoms with Crippen LogP contribution in [-0.4, -0.2) is 68.9 Å². The zero-order chi connectivity index (χ0) is 35.6. The summed E-state index contributed by atoms with van der Waals surface area (Å²) in [5.74, 6) is 4.71. The first kappa shape index (κ1) is 35.4. The van der Waals surface area contributed by atoms with E-state index in [4.69, 9.17) is 42.6 Å². The van der Waals surface area contributed by atoms with Crippen molar-refractivity contribution >= 4 is 23.7 Å². The van der Waals surface area contributed by atoms with Crippen molar-refractivity contribution in [2.75, 3.05) is 68.3 Å². The van der Waals surface area contributed by atoms with Crippen molar-refractivity contribution < 1.29 is 47.4 Å². The van der Waals surface area contributed by atoms with Crippen LogP contribution in [0, 0.1) is 0 Å². The molecule has 4 aromatic carbocycles. The highest BCUT2D eigenvalue weighted by Crippen LogP contribution is 2.41. The fraction of sp³-hybridized carbons (Fsp3) is 0.289. The molecule has 0 saturated carbocycles. The van der Waals surface area contributed by atoms with E-state index in [2.05, 4.69) is 10.6 Å². The lowest BCUT2D eigenvalue weighted by Gasteiger charge is -2.28. The van der Waals surface area contributed by atoms with Gasteiger partial charge in [0, 0.05) is 12.1 Å². The van der Waals surface area contributed by atoms with Crippen LogP contribution in [0.25, 0.3) is 12.2 Å². The molecule has 0 radical (unpaired) electrons. The summed E-state index contributed by atoms with van der Waals surface area (Å²) in [4.78, 5) is 12.8. The van der Waals surface area contributed by atoms with Crippen LogP contribution in [0.1, 0.15) is 39.6 Å². The Morgan fingerprint density at radius 2 is 1.14 bits per heavy atom. The SMILES string of the molecule is COc1ccc2c(c1)C(=O)NC(c1ccc(OCCCOc3c(OC)cc(/C=C/c4cc(OC)c(OC)c(OC)c4)cc3OC)c(OC)c1)N2. The summed E-state index contributed by atoms with van der Waals surface area (Å²) in [5, 5.41) is 6.33. The minimum atomic E-state index is -0.443. The van der Waals surface area contributed by atoms with Gasteiger partial charge in [0.1, 0.15) is 11.9 Å². The van der Waals surface area contributed by atoms with Gasteiger partial charge in [0.15, 0.2) is 34.5 Å². The molecule has 50 heavy (non-hydrogen) atoms. The van der Waals surface area contributed by atoms with Crippen LogP contribution in [0.5, 0.6) is 51.7 Å². The summed E-state index contributed by atoms with van der Waals surface area (Å²) in [6, 6.07) is 18.3. The van der Waals surface area contributed by atoms with Gasteiger partial charge in [-0.2, -0.15) is 0 Å². The van der Waals surface area contributed by atoms with Gasteiger partial charge in [-0.15, -0.1) is 0 Å². The first-order chi connectivity index (χ1) is 24.3. The average molecular weight is 687 g/mol. The quantitative estimate of drug-likeness (QED) is 0.0977. The molecule has 4 aromatic rings. The number of rotatable bonds is 16. The van der Waals surface area contributed by atoms with Gasteiger partial charge in [-0.05, 0) is 71.3 Å². The van der Waals surface area contributed by atoms with Crippen LogP contribution in [0.3, 0.4) is 0 Å². The topological polar surface area (TPSA) is 124 Å². The summed E-state index contributed by atoms with van der Waals surface area (Å²) >= 11 is 0. The van der Waals surface area contributed by atoms with E-state index in [-0.39, 0.29) is 5.91 Å². The maximum Gasteiger partial charge on any atom is 0.255 e. The Hall–Kier alpha value is -5.91. The summed E-state index contributed by atoms with van der Waals surface area (Å²) in [6.07, 6.45) is 3.98. The fourth-order valence-electron chi connectivity index (χ4n) is 5.46. The maximum atomic E-state index is 12.8. The molecule has 1 aliphatic heterocycles. The van der Waals surface area contributed by atoms with E-state index in [1.165, 1.54) is 0 Å². The number of hydrogen-bond donors (Lipinski definition) is 2. The standard InChI is InChI=1S/C38H42N2O10/c1-42-26-12-13-28-27(22-26)38(41)40-37(39-28)25-11-14-29(30(21-25)43-2)49-15-8-16-50-36-33(46-5)19-24(20-34(36)47-6)10-9-23-17-31(44-3)35(48-7)32(18-23)45-4/h9-14,17-22,37,39H,8,15-16H2,1-7H3,(H,40,41)/b10-9+. The van der Waals surface area contributed by atoms with Gasteiger partial charge in [0.2, 0.25) is 11.5 Å². The van der Waals surface area contributed by atoms with Crippen molar-refractivity contribution in [3.05, 3.63) is 82.9 Å². The smallest absolute Gasteiger partial charge is 0.255 e. The molecule has 0 aromatic heterocycles. The molecule has 0 aliphatic carbocycles. The minimum absolute atomic E-state index is 0.197. The molecule has 12 nitrogen and oxygen atoms in total. The Balaban J connectivity index is 1.20. The van der Waals surface area contributed by atoms with Crippen molar-refractivity contribution in [1.82, 2.24) is 5.32 Å². The number of carbonyl (C=O) groups excluding carboxylic acids is 1. The van der Waals surface area contributed by atoms with Crippen LogP contribution in [-0.2, 0) is 0 Å². The zero-order valence-corrected chi connectivity index (χ0v) is 29.2. The number of methoxy groups -OCH3 is 7. The Morgan fingerprint density at radius 1 is 0.560 bits per heavy atom. The second-order valence-electron chi connectivity index (χ2n) is 11.0. The third-order valence-electron chi connectivity index (χ3n) is 8.00.